The Hall–Kier alpha value is -0.300. The van der Waals surface area contributed by atoms with Gasteiger partial charge < -0.3 is 0 Å². The highest BCUT2D eigenvalue weighted by Gasteiger charge is 2.02. The molecule has 0 aromatic carbocycles. The number of aryl methyl sites for hydroxylation is 2. The van der Waals surface area contributed by atoms with Crippen molar-refractivity contribution in [2.24, 2.45) is 0 Å². The van der Waals surface area contributed by atoms with Crippen LogP contribution in [0.15, 0.2) is 0 Å². The van der Waals surface area contributed by atoms with Crippen molar-refractivity contribution in [1.82, 2.24) is 0 Å². The van der Waals surface area contributed by atoms with Gasteiger partial charge in [0.15, 0.2) is 0 Å². The highest BCUT2D eigenvalue weighted by molar-refractivity contribution is 7.12. The fourth-order valence-corrected chi connectivity index (χ4v) is 1.98. The predicted molar refractivity (Wildman–Crippen MR) is 54.6 cm³/mol. The smallest absolute Gasteiger partial charge is 0.00489 e. The van der Waals surface area contributed by atoms with Crippen molar-refractivity contribution in [1.29, 1.82) is 0 Å². The zero-order valence-corrected chi connectivity index (χ0v) is 9.22. The van der Waals surface area contributed by atoms with Crippen molar-refractivity contribution in [3.8, 4) is 0 Å². The van der Waals surface area contributed by atoms with Gasteiger partial charge in [-0.25, -0.2) is 0 Å². The van der Waals surface area contributed by atoms with Gasteiger partial charge in [0.25, 0.3) is 0 Å². The first-order valence-electron chi connectivity index (χ1n) is 4.16. The van der Waals surface area contributed by atoms with Gasteiger partial charge in [0.1, 0.15) is 0 Å². The molecule has 0 bridgehead atoms. The maximum Gasteiger partial charge on any atom is 0.00489 e. The molecule has 1 aromatic rings. The molecule has 0 fully saturated rings. The summed E-state index contributed by atoms with van der Waals surface area (Å²) in [6.45, 7) is 12.7. The van der Waals surface area contributed by atoms with Crippen LogP contribution in [0, 0.1) is 27.7 Å². The van der Waals surface area contributed by atoms with E-state index in [0.29, 0.717) is 0 Å². The summed E-state index contributed by atoms with van der Waals surface area (Å²) < 4.78 is 0. The minimum absolute atomic E-state index is 1.46. The quantitative estimate of drug-likeness (QED) is 0.552. The zero-order valence-electron chi connectivity index (χ0n) is 8.41. The van der Waals surface area contributed by atoms with Gasteiger partial charge in [0.05, 0.1) is 0 Å². The molecule has 1 rings (SSSR count). The molecule has 0 saturated heterocycles. The molecule has 1 aromatic heterocycles. The number of rotatable bonds is 0. The third kappa shape index (κ3) is 2.33. The summed E-state index contributed by atoms with van der Waals surface area (Å²) in [5.74, 6) is 0. The van der Waals surface area contributed by atoms with Gasteiger partial charge >= 0.3 is 0 Å². The van der Waals surface area contributed by atoms with Gasteiger partial charge in [-0.15, -0.1) is 11.3 Å². The summed E-state index contributed by atoms with van der Waals surface area (Å²) in [6.07, 6.45) is 0. The van der Waals surface area contributed by atoms with E-state index in [4.69, 9.17) is 0 Å². The maximum atomic E-state index is 2.19. The van der Waals surface area contributed by atoms with E-state index in [1.54, 1.807) is 0 Å². The minimum Gasteiger partial charge on any atom is -0.145 e. The standard InChI is InChI=1S/C8H12S.C2H6/c1-5-6(2)8(4)9-7(5)3;1-2/h1-4H3;1-2H3. The number of thiophene rings is 1. The van der Waals surface area contributed by atoms with Crippen LogP contribution in [0.2, 0.25) is 0 Å². The largest absolute Gasteiger partial charge is 0.145 e. The zero-order chi connectivity index (χ0) is 9.02. The van der Waals surface area contributed by atoms with Crippen LogP contribution in [-0.4, -0.2) is 0 Å². The van der Waals surface area contributed by atoms with Crippen LogP contribution in [0.1, 0.15) is 34.7 Å². The van der Waals surface area contributed by atoms with Crippen molar-refractivity contribution in [2.45, 2.75) is 41.5 Å². The van der Waals surface area contributed by atoms with Crippen LogP contribution < -0.4 is 0 Å². The maximum absolute atomic E-state index is 2.19. The van der Waals surface area contributed by atoms with Gasteiger partial charge in [-0.1, -0.05) is 13.8 Å². The van der Waals surface area contributed by atoms with Crippen LogP contribution in [0.25, 0.3) is 0 Å². The Kier molecular flexibility index (Phi) is 4.43. The van der Waals surface area contributed by atoms with E-state index in [1.807, 2.05) is 25.2 Å². The summed E-state index contributed by atoms with van der Waals surface area (Å²) in [5, 5.41) is 0. The van der Waals surface area contributed by atoms with E-state index < -0.39 is 0 Å². The van der Waals surface area contributed by atoms with E-state index >= 15 is 0 Å². The third-order valence-corrected chi connectivity index (χ3v) is 3.15. The van der Waals surface area contributed by atoms with E-state index in [2.05, 4.69) is 27.7 Å². The molecule has 11 heavy (non-hydrogen) atoms. The number of hydrogen-bond acceptors (Lipinski definition) is 1. The van der Waals surface area contributed by atoms with Gasteiger partial charge in [-0.05, 0) is 38.8 Å². The molecule has 0 nitrogen and oxygen atoms in total. The van der Waals surface area contributed by atoms with E-state index in [9.17, 15) is 0 Å². The second kappa shape index (κ2) is 4.55. The van der Waals surface area contributed by atoms with Crippen LogP contribution in [0.5, 0.6) is 0 Å². The summed E-state index contributed by atoms with van der Waals surface area (Å²) >= 11 is 1.90. The van der Waals surface area contributed by atoms with Crippen molar-refractivity contribution >= 4 is 11.3 Å². The van der Waals surface area contributed by atoms with Gasteiger partial charge in [-0.2, -0.15) is 0 Å². The third-order valence-electron chi connectivity index (χ3n) is 1.92. The Morgan fingerprint density at radius 3 is 1.09 bits per heavy atom. The fraction of sp³-hybridized carbons (Fsp3) is 0.600. The van der Waals surface area contributed by atoms with Crippen LogP contribution >= 0.6 is 11.3 Å². The van der Waals surface area contributed by atoms with Gasteiger partial charge in [0, 0.05) is 9.75 Å². The molecule has 64 valence electrons. The van der Waals surface area contributed by atoms with Crippen molar-refractivity contribution < 1.29 is 0 Å². The van der Waals surface area contributed by atoms with E-state index in [-0.39, 0.29) is 0 Å². The van der Waals surface area contributed by atoms with Gasteiger partial charge in [0.2, 0.25) is 0 Å². The molecule has 1 heterocycles. The summed E-state index contributed by atoms with van der Waals surface area (Å²) in [4.78, 5) is 2.93. The molecule has 0 aliphatic carbocycles. The molecular formula is C10H18S. The molecule has 0 spiro atoms. The highest BCUT2D eigenvalue weighted by atomic mass is 32.1. The van der Waals surface area contributed by atoms with Gasteiger partial charge in [-0.3, -0.25) is 0 Å². The molecule has 0 aliphatic rings. The molecule has 0 unspecified atom stereocenters. The first-order chi connectivity index (χ1) is 5.13. The summed E-state index contributed by atoms with van der Waals surface area (Å²) in [7, 11) is 0. The lowest BCUT2D eigenvalue weighted by atomic mass is 10.2. The summed E-state index contributed by atoms with van der Waals surface area (Å²) in [6, 6.07) is 0. The average Bonchev–Trinajstić information content (AvgIpc) is 2.22. The van der Waals surface area contributed by atoms with Crippen LogP contribution in [0.3, 0.4) is 0 Å². The first kappa shape index (κ1) is 10.7. The van der Waals surface area contributed by atoms with E-state index in [1.165, 1.54) is 20.9 Å². The van der Waals surface area contributed by atoms with Crippen LogP contribution in [-0.2, 0) is 0 Å². The molecule has 0 radical (unpaired) electrons. The monoisotopic (exact) mass is 170 g/mol. The Morgan fingerprint density at radius 2 is 1.00 bits per heavy atom. The second-order valence-electron chi connectivity index (χ2n) is 2.46. The van der Waals surface area contributed by atoms with Crippen molar-refractivity contribution in [3.05, 3.63) is 20.9 Å². The minimum atomic E-state index is 1.46. The molecule has 0 amide bonds. The lowest BCUT2D eigenvalue weighted by Crippen LogP contribution is -1.73. The predicted octanol–water partition coefficient (Wildman–Crippen LogP) is 4.01. The molecule has 0 N–H and O–H groups in total. The summed E-state index contributed by atoms with van der Waals surface area (Å²) in [5.41, 5.74) is 2.94. The second-order valence-corrected chi connectivity index (χ2v) is 3.89. The molecule has 0 atom stereocenters. The number of hydrogen-bond donors (Lipinski definition) is 0. The van der Waals surface area contributed by atoms with Crippen molar-refractivity contribution in [3.63, 3.8) is 0 Å². The molecular weight excluding hydrogens is 152 g/mol. The molecule has 0 saturated carbocycles. The molecule has 1 heteroatoms. The highest BCUT2D eigenvalue weighted by Crippen LogP contribution is 2.24. The lowest BCUT2D eigenvalue weighted by molar-refractivity contribution is 1.32. The topological polar surface area (TPSA) is 0 Å². The fourth-order valence-electron chi connectivity index (χ4n) is 0.911. The first-order valence-corrected chi connectivity index (χ1v) is 4.97. The molecule has 0 aliphatic heterocycles. The normalized spacial score (nSPS) is 8.91. The Bertz CT molecular complexity index is 199. The average molecular weight is 170 g/mol. The Balaban J connectivity index is 0.000000461. The van der Waals surface area contributed by atoms with Crippen LogP contribution in [0.4, 0.5) is 0 Å². The lowest BCUT2D eigenvalue weighted by Gasteiger charge is -1.88. The Morgan fingerprint density at radius 1 is 0.727 bits per heavy atom. The Labute approximate surface area is 74.3 Å². The van der Waals surface area contributed by atoms with E-state index in [0.717, 1.165) is 0 Å². The SMILES string of the molecule is CC.Cc1sc(C)c(C)c1C. The van der Waals surface area contributed by atoms with Crippen molar-refractivity contribution in [2.75, 3.05) is 0 Å².